The molecule has 8 heteroatoms. The fourth-order valence-electron chi connectivity index (χ4n) is 3.66. The van der Waals surface area contributed by atoms with Crippen LogP contribution in [0.1, 0.15) is 61.6 Å². The molecule has 0 unspecified atom stereocenters. The molecule has 2 aromatic rings. The molecule has 1 aliphatic heterocycles. The Hall–Kier alpha value is -2.90. The number of hydrogen-bond donors (Lipinski definition) is 1. The van der Waals surface area contributed by atoms with Crippen LogP contribution in [0.2, 0.25) is 0 Å². The van der Waals surface area contributed by atoms with Crippen LogP contribution in [0.25, 0.3) is 0 Å². The van der Waals surface area contributed by atoms with Gasteiger partial charge in [0.1, 0.15) is 5.75 Å². The number of carbonyl (C=O) groups excluding carboxylic acids is 2. The topological polar surface area (TPSA) is 97.6 Å². The van der Waals surface area contributed by atoms with Crippen LogP contribution in [-0.4, -0.2) is 46.0 Å². The van der Waals surface area contributed by atoms with Crippen LogP contribution in [0.4, 0.5) is 0 Å². The maximum Gasteiger partial charge on any atom is 0.251 e. The van der Waals surface area contributed by atoms with E-state index in [1.165, 1.54) is 0 Å². The van der Waals surface area contributed by atoms with E-state index in [4.69, 9.17) is 9.26 Å². The molecule has 3 rings (SSSR count). The summed E-state index contributed by atoms with van der Waals surface area (Å²) in [6, 6.07) is 7.05. The van der Waals surface area contributed by atoms with Gasteiger partial charge in [0.2, 0.25) is 17.6 Å². The fraction of sp³-hybridized carbons (Fsp3) is 0.545. The molecule has 1 aliphatic rings. The van der Waals surface area contributed by atoms with Crippen LogP contribution < -0.4 is 10.1 Å². The average Bonchev–Trinajstić information content (AvgIpc) is 3.19. The van der Waals surface area contributed by atoms with E-state index >= 15 is 0 Å². The normalized spacial score (nSPS) is 14.7. The van der Waals surface area contributed by atoms with E-state index in [9.17, 15) is 9.59 Å². The van der Waals surface area contributed by atoms with Crippen LogP contribution in [0.3, 0.4) is 0 Å². The van der Waals surface area contributed by atoms with Crippen molar-refractivity contribution >= 4 is 11.8 Å². The van der Waals surface area contributed by atoms with Gasteiger partial charge < -0.3 is 19.5 Å². The van der Waals surface area contributed by atoms with Crippen LogP contribution in [0, 0.1) is 12.8 Å². The quantitative estimate of drug-likeness (QED) is 0.713. The van der Waals surface area contributed by atoms with E-state index in [2.05, 4.69) is 29.3 Å². The molecule has 2 heterocycles. The minimum atomic E-state index is -0.111. The van der Waals surface area contributed by atoms with Crippen LogP contribution in [-0.2, 0) is 11.4 Å². The smallest absolute Gasteiger partial charge is 0.251 e. The molecule has 0 aliphatic carbocycles. The van der Waals surface area contributed by atoms with E-state index in [1.54, 1.807) is 31.2 Å². The molecule has 1 saturated heterocycles. The number of amides is 2. The Morgan fingerprint density at radius 3 is 2.43 bits per heavy atom. The van der Waals surface area contributed by atoms with Gasteiger partial charge in [0, 0.05) is 37.5 Å². The van der Waals surface area contributed by atoms with Crippen molar-refractivity contribution in [3.8, 4) is 5.75 Å². The highest BCUT2D eigenvalue weighted by Crippen LogP contribution is 2.18. The second-order valence-electron chi connectivity index (χ2n) is 7.63. The lowest BCUT2D eigenvalue weighted by molar-refractivity contribution is -0.136. The Morgan fingerprint density at radius 2 is 1.87 bits per heavy atom. The first kappa shape index (κ1) is 21.8. The lowest BCUT2D eigenvalue weighted by atomic mass is 9.98. The number of rotatable bonds is 8. The van der Waals surface area contributed by atoms with Gasteiger partial charge in [0.15, 0.2) is 6.61 Å². The van der Waals surface area contributed by atoms with Crippen LogP contribution in [0.15, 0.2) is 28.8 Å². The number of nitrogens with zero attached hydrogens (tertiary/aromatic N) is 3. The predicted octanol–water partition coefficient (Wildman–Crippen LogP) is 3.11. The Kier molecular flexibility index (Phi) is 7.43. The third-order valence-corrected chi connectivity index (χ3v) is 5.53. The van der Waals surface area contributed by atoms with Gasteiger partial charge in [-0.1, -0.05) is 19.0 Å². The summed E-state index contributed by atoms with van der Waals surface area (Å²) in [4.78, 5) is 31.1. The van der Waals surface area contributed by atoms with Gasteiger partial charge in [-0.15, -0.1) is 0 Å². The second-order valence-corrected chi connectivity index (χ2v) is 7.63. The zero-order chi connectivity index (χ0) is 21.5. The zero-order valence-electron chi connectivity index (χ0n) is 17.9. The monoisotopic (exact) mass is 414 g/mol. The van der Waals surface area contributed by atoms with Gasteiger partial charge in [0.25, 0.3) is 5.91 Å². The number of likely N-dealkylation sites (tertiary alicyclic amines) is 1. The summed E-state index contributed by atoms with van der Waals surface area (Å²) >= 11 is 0. The summed E-state index contributed by atoms with van der Waals surface area (Å²) < 4.78 is 10.5. The molecule has 2 amide bonds. The number of nitrogens with one attached hydrogen (secondary N) is 1. The van der Waals surface area contributed by atoms with Gasteiger partial charge >= 0.3 is 0 Å². The lowest BCUT2D eigenvalue weighted by Gasteiger charge is -2.34. The average molecular weight is 415 g/mol. The van der Waals surface area contributed by atoms with Gasteiger partial charge in [-0.05, 0) is 49.9 Å². The first-order chi connectivity index (χ1) is 14.5. The SMILES string of the molecule is CCC(CC)C(=O)N1CCC(NC(=O)c2ccc(OCc3noc(C)n3)cc2)CC1. The molecule has 0 spiro atoms. The van der Waals surface area contributed by atoms with Crippen molar-refractivity contribution in [1.82, 2.24) is 20.4 Å². The highest BCUT2D eigenvalue weighted by Gasteiger charge is 2.27. The summed E-state index contributed by atoms with van der Waals surface area (Å²) in [6.45, 7) is 7.43. The third kappa shape index (κ3) is 5.58. The van der Waals surface area contributed by atoms with Crippen molar-refractivity contribution in [2.75, 3.05) is 13.1 Å². The summed E-state index contributed by atoms with van der Waals surface area (Å²) in [7, 11) is 0. The maximum atomic E-state index is 12.6. The summed E-state index contributed by atoms with van der Waals surface area (Å²) in [5.74, 6) is 1.84. The van der Waals surface area contributed by atoms with Crippen molar-refractivity contribution < 1.29 is 18.8 Å². The number of carbonyl (C=O) groups is 2. The first-order valence-corrected chi connectivity index (χ1v) is 10.6. The molecule has 1 fully saturated rings. The highest BCUT2D eigenvalue weighted by molar-refractivity contribution is 5.94. The zero-order valence-corrected chi connectivity index (χ0v) is 17.9. The van der Waals surface area contributed by atoms with E-state index in [1.807, 2.05) is 4.90 Å². The third-order valence-electron chi connectivity index (χ3n) is 5.53. The summed E-state index contributed by atoms with van der Waals surface area (Å²) in [6.07, 6.45) is 3.31. The molecule has 0 saturated carbocycles. The Balaban J connectivity index is 1.45. The number of ether oxygens (including phenoxy) is 1. The molecule has 8 nitrogen and oxygen atoms in total. The molecule has 1 aromatic carbocycles. The van der Waals surface area contributed by atoms with Gasteiger partial charge in [-0.2, -0.15) is 4.98 Å². The van der Waals surface area contributed by atoms with E-state index in [0.717, 1.165) is 25.7 Å². The largest absolute Gasteiger partial charge is 0.485 e. The van der Waals surface area contributed by atoms with E-state index < -0.39 is 0 Å². The maximum absolute atomic E-state index is 12.6. The van der Waals surface area contributed by atoms with E-state index in [0.29, 0.717) is 36.1 Å². The van der Waals surface area contributed by atoms with Crippen molar-refractivity contribution in [2.45, 2.75) is 59.1 Å². The van der Waals surface area contributed by atoms with Crippen molar-refractivity contribution in [1.29, 1.82) is 0 Å². The van der Waals surface area contributed by atoms with E-state index in [-0.39, 0.29) is 30.4 Å². The number of hydrogen-bond acceptors (Lipinski definition) is 6. The van der Waals surface area contributed by atoms with Crippen molar-refractivity contribution in [2.24, 2.45) is 5.92 Å². The Morgan fingerprint density at radius 1 is 1.20 bits per heavy atom. The number of aromatic nitrogens is 2. The van der Waals surface area contributed by atoms with Crippen LogP contribution >= 0.6 is 0 Å². The molecular weight excluding hydrogens is 384 g/mol. The minimum Gasteiger partial charge on any atom is -0.485 e. The van der Waals surface area contributed by atoms with Crippen molar-refractivity contribution in [3.63, 3.8) is 0 Å². The number of aryl methyl sites for hydroxylation is 1. The molecule has 0 radical (unpaired) electrons. The number of benzene rings is 1. The predicted molar refractivity (Wildman–Crippen MR) is 111 cm³/mol. The summed E-state index contributed by atoms with van der Waals surface area (Å²) in [5, 5.41) is 6.86. The Labute approximate surface area is 177 Å². The van der Waals surface area contributed by atoms with Crippen LogP contribution in [0.5, 0.6) is 5.75 Å². The van der Waals surface area contributed by atoms with Gasteiger partial charge in [-0.3, -0.25) is 9.59 Å². The standard InChI is InChI=1S/C22H30N4O4/c1-4-16(5-2)22(28)26-12-10-18(11-13-26)24-21(27)17-6-8-19(9-7-17)29-14-20-23-15(3)30-25-20/h6-9,16,18H,4-5,10-14H2,1-3H3,(H,24,27). The second kappa shape index (κ2) is 10.2. The lowest BCUT2D eigenvalue weighted by Crippen LogP contribution is -2.48. The molecular formula is C22H30N4O4. The fourth-order valence-corrected chi connectivity index (χ4v) is 3.66. The van der Waals surface area contributed by atoms with Crippen molar-refractivity contribution in [3.05, 3.63) is 41.5 Å². The summed E-state index contributed by atoms with van der Waals surface area (Å²) in [5.41, 5.74) is 0.577. The molecule has 1 N–H and O–H groups in total. The Bertz CT molecular complexity index is 837. The molecule has 162 valence electrons. The van der Waals surface area contributed by atoms with Gasteiger partial charge in [-0.25, -0.2) is 0 Å². The molecule has 0 atom stereocenters. The number of piperidine rings is 1. The minimum absolute atomic E-state index is 0.0839. The molecule has 30 heavy (non-hydrogen) atoms. The first-order valence-electron chi connectivity index (χ1n) is 10.6. The molecule has 0 bridgehead atoms. The molecule has 1 aromatic heterocycles. The highest BCUT2D eigenvalue weighted by atomic mass is 16.5. The van der Waals surface area contributed by atoms with Gasteiger partial charge in [0.05, 0.1) is 0 Å².